The molecule has 0 saturated heterocycles. The lowest BCUT2D eigenvalue weighted by atomic mass is 9.83. The summed E-state index contributed by atoms with van der Waals surface area (Å²) in [6.45, 7) is 4.44. The van der Waals surface area contributed by atoms with E-state index < -0.39 is 0 Å². The van der Waals surface area contributed by atoms with E-state index in [9.17, 15) is 0 Å². The third-order valence-electron chi connectivity index (χ3n) is 4.10. The smallest absolute Gasteiger partial charge is 0.174 e. The molecular weight excluding hydrogens is 248 g/mol. The Morgan fingerprint density at radius 3 is 2.85 bits per heavy atom. The topological polar surface area (TPSA) is 45.0 Å². The molecule has 1 aliphatic rings. The lowest BCUT2D eigenvalue weighted by Crippen LogP contribution is -2.25. The predicted molar refractivity (Wildman–Crippen MR) is 80.4 cm³/mol. The third-order valence-corrected chi connectivity index (χ3v) is 4.10. The maximum Gasteiger partial charge on any atom is 0.174 e. The van der Waals surface area contributed by atoms with Gasteiger partial charge in [-0.2, -0.15) is 5.26 Å². The van der Waals surface area contributed by atoms with Crippen LogP contribution in [0.15, 0.2) is 24.3 Å². The van der Waals surface area contributed by atoms with Gasteiger partial charge < -0.3 is 10.1 Å². The first-order valence-electron chi connectivity index (χ1n) is 7.57. The maximum atomic E-state index is 8.51. The molecule has 1 N–H and O–H groups in total. The minimum absolute atomic E-state index is 0.108. The minimum Gasteiger partial charge on any atom is -0.479 e. The van der Waals surface area contributed by atoms with Crippen LogP contribution in [0.4, 0.5) is 0 Å². The summed E-state index contributed by atoms with van der Waals surface area (Å²) in [5.74, 6) is 2.53. The van der Waals surface area contributed by atoms with E-state index >= 15 is 0 Å². The van der Waals surface area contributed by atoms with Gasteiger partial charge >= 0.3 is 0 Å². The molecule has 20 heavy (non-hydrogen) atoms. The first kappa shape index (κ1) is 14.9. The van der Waals surface area contributed by atoms with Crippen LogP contribution in [-0.2, 0) is 6.54 Å². The number of hydrogen-bond donors (Lipinski definition) is 1. The summed E-state index contributed by atoms with van der Waals surface area (Å²) in [4.78, 5) is 0. The van der Waals surface area contributed by atoms with E-state index in [1.165, 1.54) is 31.2 Å². The molecule has 1 aliphatic carbocycles. The Morgan fingerprint density at radius 1 is 1.30 bits per heavy atom. The summed E-state index contributed by atoms with van der Waals surface area (Å²) in [6.07, 6.45) is 5.48. The Hall–Kier alpha value is -1.53. The number of rotatable bonds is 6. The fraction of sp³-hybridized carbons (Fsp3) is 0.588. The van der Waals surface area contributed by atoms with E-state index in [0.717, 1.165) is 30.7 Å². The molecule has 0 amide bonds. The fourth-order valence-electron chi connectivity index (χ4n) is 2.81. The second-order valence-corrected chi connectivity index (χ2v) is 5.85. The van der Waals surface area contributed by atoms with Crippen LogP contribution in [0, 0.1) is 23.2 Å². The lowest BCUT2D eigenvalue weighted by Gasteiger charge is -2.26. The molecule has 0 aliphatic heterocycles. The van der Waals surface area contributed by atoms with Crippen molar-refractivity contribution in [2.75, 3.05) is 13.2 Å². The van der Waals surface area contributed by atoms with Crippen molar-refractivity contribution in [1.29, 1.82) is 5.26 Å². The molecule has 1 aromatic carbocycles. The van der Waals surface area contributed by atoms with E-state index in [2.05, 4.69) is 18.3 Å². The molecule has 3 heteroatoms. The van der Waals surface area contributed by atoms with Crippen LogP contribution in [0.25, 0.3) is 0 Å². The van der Waals surface area contributed by atoms with Gasteiger partial charge in [-0.25, -0.2) is 0 Å². The van der Waals surface area contributed by atoms with Crippen LogP contribution in [0.3, 0.4) is 0 Å². The zero-order valence-corrected chi connectivity index (χ0v) is 12.3. The van der Waals surface area contributed by atoms with Gasteiger partial charge in [-0.1, -0.05) is 31.9 Å². The molecule has 1 fully saturated rings. The Labute approximate surface area is 121 Å². The fourth-order valence-corrected chi connectivity index (χ4v) is 2.81. The van der Waals surface area contributed by atoms with Gasteiger partial charge in [-0.3, -0.25) is 0 Å². The average molecular weight is 272 g/mol. The van der Waals surface area contributed by atoms with Crippen LogP contribution in [0.1, 0.15) is 38.2 Å². The Bertz CT molecular complexity index is 445. The molecule has 1 saturated carbocycles. The summed E-state index contributed by atoms with van der Waals surface area (Å²) in [7, 11) is 0. The minimum atomic E-state index is 0.108. The highest BCUT2D eigenvalue weighted by atomic mass is 16.5. The number of nitrogens with zero attached hydrogens (tertiary/aromatic N) is 1. The summed E-state index contributed by atoms with van der Waals surface area (Å²) in [5.41, 5.74) is 1.21. The number of hydrogen-bond acceptors (Lipinski definition) is 3. The number of ether oxygens (including phenoxy) is 1. The van der Waals surface area contributed by atoms with E-state index in [4.69, 9.17) is 10.00 Å². The van der Waals surface area contributed by atoms with E-state index in [1.54, 1.807) is 0 Å². The summed E-state index contributed by atoms with van der Waals surface area (Å²) in [5, 5.41) is 12.1. The van der Waals surface area contributed by atoms with E-state index in [1.807, 2.05) is 24.3 Å². The molecule has 3 nitrogen and oxygen atoms in total. The summed E-state index contributed by atoms with van der Waals surface area (Å²) >= 11 is 0. The van der Waals surface area contributed by atoms with Gasteiger partial charge in [0.25, 0.3) is 0 Å². The third kappa shape index (κ3) is 4.86. The first-order valence-corrected chi connectivity index (χ1v) is 7.57. The van der Waals surface area contributed by atoms with E-state index in [0.29, 0.717) is 0 Å². The van der Waals surface area contributed by atoms with Crippen molar-refractivity contribution < 1.29 is 4.74 Å². The number of nitriles is 1. The Balaban J connectivity index is 1.72. The first-order chi connectivity index (χ1) is 9.78. The second kappa shape index (κ2) is 7.91. The molecule has 0 spiro atoms. The second-order valence-electron chi connectivity index (χ2n) is 5.85. The summed E-state index contributed by atoms with van der Waals surface area (Å²) < 4.78 is 5.32. The highest BCUT2D eigenvalue weighted by molar-refractivity contribution is 5.28. The number of nitrogens with one attached hydrogen (secondary N) is 1. The average Bonchev–Trinajstić information content (AvgIpc) is 2.48. The van der Waals surface area contributed by atoms with Crippen LogP contribution in [0.5, 0.6) is 5.75 Å². The predicted octanol–water partition coefficient (Wildman–Crippen LogP) is 3.50. The van der Waals surface area contributed by atoms with Crippen molar-refractivity contribution in [2.24, 2.45) is 11.8 Å². The van der Waals surface area contributed by atoms with Crippen molar-refractivity contribution in [3.05, 3.63) is 29.8 Å². The molecule has 2 rings (SSSR count). The maximum absolute atomic E-state index is 8.51. The SMILES string of the molecule is CC1CCC(CNCc2cccc(OCC#N)c2)CC1. The van der Waals surface area contributed by atoms with Crippen molar-refractivity contribution in [3.63, 3.8) is 0 Å². The molecular formula is C17H24N2O. The lowest BCUT2D eigenvalue weighted by molar-refractivity contribution is 0.281. The Kier molecular flexibility index (Phi) is 5.88. The molecule has 0 atom stereocenters. The van der Waals surface area contributed by atoms with Crippen molar-refractivity contribution >= 4 is 0 Å². The molecule has 0 radical (unpaired) electrons. The van der Waals surface area contributed by atoms with Gasteiger partial charge in [0.1, 0.15) is 11.8 Å². The van der Waals surface area contributed by atoms with Crippen LogP contribution >= 0.6 is 0 Å². The van der Waals surface area contributed by atoms with Gasteiger partial charge in [0.05, 0.1) is 0 Å². The summed E-state index contributed by atoms with van der Waals surface area (Å²) in [6, 6.07) is 9.96. The van der Waals surface area contributed by atoms with Gasteiger partial charge in [-0.15, -0.1) is 0 Å². The van der Waals surface area contributed by atoms with Gasteiger partial charge in [0.2, 0.25) is 0 Å². The molecule has 0 bridgehead atoms. The molecule has 1 aromatic rings. The van der Waals surface area contributed by atoms with Gasteiger partial charge in [0.15, 0.2) is 6.61 Å². The van der Waals surface area contributed by atoms with Crippen LogP contribution in [0.2, 0.25) is 0 Å². The normalized spacial score (nSPS) is 22.2. The largest absolute Gasteiger partial charge is 0.479 e. The zero-order chi connectivity index (χ0) is 14.2. The van der Waals surface area contributed by atoms with Crippen molar-refractivity contribution in [1.82, 2.24) is 5.32 Å². The standard InChI is InChI=1S/C17H24N2O/c1-14-5-7-15(8-6-14)12-19-13-16-3-2-4-17(11-16)20-10-9-18/h2-4,11,14-15,19H,5-8,10,12-13H2,1H3. The Morgan fingerprint density at radius 2 is 2.10 bits per heavy atom. The van der Waals surface area contributed by atoms with Crippen LogP contribution in [-0.4, -0.2) is 13.2 Å². The number of benzene rings is 1. The highest BCUT2D eigenvalue weighted by Gasteiger charge is 2.17. The van der Waals surface area contributed by atoms with Crippen molar-refractivity contribution in [2.45, 2.75) is 39.2 Å². The van der Waals surface area contributed by atoms with Gasteiger partial charge in [0, 0.05) is 6.54 Å². The quantitative estimate of drug-likeness (QED) is 0.862. The molecule has 0 heterocycles. The zero-order valence-electron chi connectivity index (χ0n) is 12.3. The molecule has 0 aromatic heterocycles. The highest BCUT2D eigenvalue weighted by Crippen LogP contribution is 2.27. The van der Waals surface area contributed by atoms with Crippen LogP contribution < -0.4 is 10.1 Å². The molecule has 0 unspecified atom stereocenters. The van der Waals surface area contributed by atoms with Gasteiger partial charge in [-0.05, 0) is 48.9 Å². The van der Waals surface area contributed by atoms with E-state index in [-0.39, 0.29) is 6.61 Å². The van der Waals surface area contributed by atoms with Crippen molar-refractivity contribution in [3.8, 4) is 11.8 Å². The molecule has 108 valence electrons. The monoisotopic (exact) mass is 272 g/mol.